The Bertz CT molecular complexity index is 1000. The first-order chi connectivity index (χ1) is 13.0. The van der Waals surface area contributed by atoms with Gasteiger partial charge in [0.2, 0.25) is 5.91 Å². The monoisotopic (exact) mass is 383 g/mol. The molecule has 1 saturated heterocycles. The molecule has 3 aromatic rings. The highest BCUT2D eigenvalue weighted by molar-refractivity contribution is 7.22. The van der Waals surface area contributed by atoms with E-state index in [9.17, 15) is 9.18 Å². The standard InChI is InChI=1S/C21H22FN3OS/c1-13-8-9-17(14(2)11-13)23-20(26)15-5-4-10-25(12-15)21-24-19-16(22)6-3-7-18(19)27-21/h3,6-9,11,15H,4-5,10,12H2,1-2H3,(H,23,26). The zero-order valence-corrected chi connectivity index (χ0v) is 16.3. The highest BCUT2D eigenvalue weighted by Gasteiger charge is 2.28. The lowest BCUT2D eigenvalue weighted by molar-refractivity contribution is -0.120. The molecule has 1 aliphatic heterocycles. The first-order valence-corrected chi connectivity index (χ1v) is 10.0. The smallest absolute Gasteiger partial charge is 0.229 e. The van der Waals surface area contributed by atoms with Crippen LogP contribution in [0.1, 0.15) is 24.0 Å². The summed E-state index contributed by atoms with van der Waals surface area (Å²) in [7, 11) is 0. The van der Waals surface area contributed by atoms with Crippen LogP contribution in [0, 0.1) is 25.6 Å². The zero-order chi connectivity index (χ0) is 19.0. The van der Waals surface area contributed by atoms with Crippen LogP contribution in [0.4, 0.5) is 15.2 Å². The summed E-state index contributed by atoms with van der Waals surface area (Å²) in [5, 5.41) is 3.86. The van der Waals surface area contributed by atoms with E-state index in [2.05, 4.69) is 21.3 Å². The zero-order valence-electron chi connectivity index (χ0n) is 15.5. The summed E-state index contributed by atoms with van der Waals surface area (Å²) in [5.41, 5.74) is 3.53. The third-order valence-electron chi connectivity index (χ3n) is 5.06. The maximum Gasteiger partial charge on any atom is 0.229 e. The van der Waals surface area contributed by atoms with Crippen molar-refractivity contribution in [3.63, 3.8) is 0 Å². The molecule has 27 heavy (non-hydrogen) atoms. The fraction of sp³-hybridized carbons (Fsp3) is 0.333. The van der Waals surface area contributed by atoms with Gasteiger partial charge in [0.1, 0.15) is 11.3 Å². The molecule has 4 nitrogen and oxygen atoms in total. The number of amides is 1. The largest absolute Gasteiger partial charge is 0.347 e. The SMILES string of the molecule is Cc1ccc(NC(=O)C2CCCN(c3nc4c(F)cccc4s3)C2)c(C)c1. The van der Waals surface area contributed by atoms with Crippen LogP contribution in [0.15, 0.2) is 36.4 Å². The minimum absolute atomic E-state index is 0.0407. The molecule has 1 aromatic heterocycles. The summed E-state index contributed by atoms with van der Waals surface area (Å²) in [4.78, 5) is 19.4. The van der Waals surface area contributed by atoms with Crippen LogP contribution >= 0.6 is 11.3 Å². The van der Waals surface area contributed by atoms with Gasteiger partial charge < -0.3 is 10.2 Å². The van der Waals surface area contributed by atoms with Gasteiger partial charge in [-0.05, 0) is 50.5 Å². The third-order valence-corrected chi connectivity index (χ3v) is 6.14. The van der Waals surface area contributed by atoms with Crippen LogP contribution < -0.4 is 10.2 Å². The van der Waals surface area contributed by atoms with E-state index in [-0.39, 0.29) is 17.6 Å². The predicted octanol–water partition coefficient (Wildman–Crippen LogP) is 4.91. The summed E-state index contributed by atoms with van der Waals surface area (Å²) in [6.45, 7) is 5.50. The summed E-state index contributed by atoms with van der Waals surface area (Å²) < 4.78 is 14.8. The Hall–Kier alpha value is -2.47. The predicted molar refractivity (Wildman–Crippen MR) is 109 cm³/mol. The molecule has 0 aliphatic carbocycles. The first kappa shape index (κ1) is 17.9. The Morgan fingerprint density at radius 2 is 2.15 bits per heavy atom. The second-order valence-electron chi connectivity index (χ2n) is 7.18. The van der Waals surface area contributed by atoms with Crippen molar-refractivity contribution in [2.45, 2.75) is 26.7 Å². The highest BCUT2D eigenvalue weighted by Crippen LogP contribution is 2.33. The van der Waals surface area contributed by atoms with Crippen molar-refractivity contribution >= 4 is 38.3 Å². The molecule has 1 N–H and O–H groups in total. The van der Waals surface area contributed by atoms with Gasteiger partial charge in [0.25, 0.3) is 0 Å². The quantitative estimate of drug-likeness (QED) is 0.699. The van der Waals surface area contributed by atoms with Gasteiger partial charge >= 0.3 is 0 Å². The van der Waals surface area contributed by atoms with E-state index in [4.69, 9.17) is 0 Å². The Balaban J connectivity index is 1.50. The number of rotatable bonds is 3. The fourth-order valence-electron chi connectivity index (χ4n) is 3.59. The Kier molecular flexibility index (Phi) is 4.83. The number of hydrogen-bond acceptors (Lipinski definition) is 4. The number of thiazole rings is 1. The maximum absolute atomic E-state index is 13.9. The van der Waals surface area contributed by atoms with Crippen molar-refractivity contribution in [1.82, 2.24) is 4.98 Å². The molecule has 1 aliphatic rings. The number of fused-ring (bicyclic) bond motifs is 1. The molecule has 0 bridgehead atoms. The Morgan fingerprint density at radius 1 is 1.30 bits per heavy atom. The number of carbonyl (C=O) groups is 1. The third kappa shape index (κ3) is 3.67. The van der Waals surface area contributed by atoms with Gasteiger partial charge in [-0.3, -0.25) is 4.79 Å². The van der Waals surface area contributed by atoms with E-state index in [1.165, 1.54) is 23.0 Å². The summed E-state index contributed by atoms with van der Waals surface area (Å²) in [6, 6.07) is 11.1. The van der Waals surface area contributed by atoms with Crippen LogP contribution in [0.25, 0.3) is 10.2 Å². The number of piperidine rings is 1. The summed E-state index contributed by atoms with van der Waals surface area (Å²) >= 11 is 1.48. The highest BCUT2D eigenvalue weighted by atomic mass is 32.1. The van der Waals surface area contributed by atoms with Crippen molar-refractivity contribution in [1.29, 1.82) is 0 Å². The van der Waals surface area contributed by atoms with Crippen molar-refractivity contribution < 1.29 is 9.18 Å². The van der Waals surface area contributed by atoms with Gasteiger partial charge in [0.05, 0.1) is 10.6 Å². The van der Waals surface area contributed by atoms with Crippen LogP contribution in [0.5, 0.6) is 0 Å². The number of nitrogens with one attached hydrogen (secondary N) is 1. The Labute approximate surface area is 162 Å². The van der Waals surface area contributed by atoms with Gasteiger partial charge in [-0.1, -0.05) is 35.1 Å². The van der Waals surface area contributed by atoms with Gasteiger partial charge in [-0.25, -0.2) is 9.37 Å². The van der Waals surface area contributed by atoms with Gasteiger partial charge in [0.15, 0.2) is 5.13 Å². The van der Waals surface area contributed by atoms with Crippen LogP contribution in [-0.4, -0.2) is 24.0 Å². The lowest BCUT2D eigenvalue weighted by atomic mass is 9.97. The van der Waals surface area contributed by atoms with E-state index in [0.717, 1.165) is 40.5 Å². The van der Waals surface area contributed by atoms with Crippen molar-refractivity contribution in [3.05, 3.63) is 53.3 Å². The maximum atomic E-state index is 13.9. The molecule has 6 heteroatoms. The number of halogens is 1. The number of nitrogens with zero attached hydrogens (tertiary/aromatic N) is 2. The van der Waals surface area contributed by atoms with Crippen molar-refractivity contribution in [2.75, 3.05) is 23.3 Å². The molecular formula is C21H22FN3OS. The van der Waals surface area contributed by atoms with Crippen molar-refractivity contribution in [2.24, 2.45) is 5.92 Å². The average Bonchev–Trinajstić information content (AvgIpc) is 3.10. The van der Waals surface area contributed by atoms with E-state index >= 15 is 0 Å². The minimum atomic E-state index is -0.295. The van der Waals surface area contributed by atoms with Gasteiger partial charge in [-0.15, -0.1) is 0 Å². The molecule has 0 saturated carbocycles. The molecular weight excluding hydrogens is 361 g/mol. The second-order valence-corrected chi connectivity index (χ2v) is 8.18. The Morgan fingerprint density at radius 3 is 2.93 bits per heavy atom. The summed E-state index contributed by atoms with van der Waals surface area (Å²) in [6.07, 6.45) is 1.77. The molecule has 0 spiro atoms. The molecule has 140 valence electrons. The molecule has 4 rings (SSSR count). The lowest BCUT2D eigenvalue weighted by Gasteiger charge is -2.31. The lowest BCUT2D eigenvalue weighted by Crippen LogP contribution is -2.40. The van der Waals surface area contributed by atoms with E-state index in [0.29, 0.717) is 12.1 Å². The van der Waals surface area contributed by atoms with Crippen molar-refractivity contribution in [3.8, 4) is 0 Å². The van der Waals surface area contributed by atoms with Gasteiger partial charge in [0, 0.05) is 18.8 Å². The molecule has 0 radical (unpaired) electrons. The number of para-hydroxylation sites is 1. The average molecular weight is 383 g/mol. The number of anilines is 2. The van der Waals surface area contributed by atoms with Crippen LogP contribution in [-0.2, 0) is 4.79 Å². The van der Waals surface area contributed by atoms with Crippen LogP contribution in [0.3, 0.4) is 0 Å². The summed E-state index contributed by atoms with van der Waals surface area (Å²) in [5.74, 6) is -0.355. The minimum Gasteiger partial charge on any atom is -0.347 e. The number of aryl methyl sites for hydroxylation is 2. The normalized spacial score (nSPS) is 17.3. The fourth-order valence-corrected chi connectivity index (χ4v) is 4.61. The molecule has 1 unspecified atom stereocenters. The molecule has 2 heterocycles. The van der Waals surface area contributed by atoms with E-state index in [1.807, 2.05) is 32.0 Å². The first-order valence-electron chi connectivity index (χ1n) is 9.19. The number of aromatic nitrogens is 1. The molecule has 1 amide bonds. The van der Waals surface area contributed by atoms with Crippen LogP contribution in [0.2, 0.25) is 0 Å². The molecule has 1 fully saturated rings. The van der Waals surface area contributed by atoms with E-state index in [1.54, 1.807) is 6.07 Å². The molecule has 2 aromatic carbocycles. The number of hydrogen-bond donors (Lipinski definition) is 1. The second kappa shape index (κ2) is 7.27. The number of benzene rings is 2. The molecule has 1 atom stereocenters. The number of carbonyl (C=O) groups excluding carboxylic acids is 1. The topological polar surface area (TPSA) is 45.2 Å². The van der Waals surface area contributed by atoms with Gasteiger partial charge in [-0.2, -0.15) is 0 Å². The van der Waals surface area contributed by atoms with E-state index < -0.39 is 0 Å².